The van der Waals surface area contributed by atoms with E-state index < -0.39 is 0 Å². The lowest BCUT2D eigenvalue weighted by Crippen LogP contribution is -2.49. The minimum absolute atomic E-state index is 0.0324. The van der Waals surface area contributed by atoms with E-state index in [1.165, 1.54) is 18.1 Å². The minimum Gasteiger partial charge on any atom is -0.472 e. The predicted octanol–water partition coefficient (Wildman–Crippen LogP) is 3.44. The van der Waals surface area contributed by atoms with Gasteiger partial charge in [-0.3, -0.25) is 9.59 Å². The van der Waals surface area contributed by atoms with Crippen molar-refractivity contribution in [2.24, 2.45) is 5.92 Å². The molecule has 3 atom stereocenters. The fraction of sp³-hybridized carbons (Fsp3) is 0.429. The Hall–Kier alpha value is -2.56. The molecule has 138 valence electrons. The van der Waals surface area contributed by atoms with Crippen LogP contribution in [0.5, 0.6) is 0 Å². The number of rotatable bonds is 5. The number of carbonyl (C=O) groups excluding carboxylic acids is 2. The van der Waals surface area contributed by atoms with Crippen molar-refractivity contribution in [3.05, 3.63) is 60.1 Å². The summed E-state index contributed by atoms with van der Waals surface area (Å²) in [5.41, 5.74) is 1.69. The lowest BCUT2D eigenvalue weighted by Gasteiger charge is -2.37. The van der Waals surface area contributed by atoms with Gasteiger partial charge in [-0.15, -0.1) is 0 Å². The molecule has 0 unspecified atom stereocenters. The summed E-state index contributed by atoms with van der Waals surface area (Å²) in [6, 6.07) is 11.9. The van der Waals surface area contributed by atoms with Gasteiger partial charge in [0.1, 0.15) is 6.26 Å². The molecule has 5 nitrogen and oxygen atoms in total. The fourth-order valence-corrected chi connectivity index (χ4v) is 3.45. The smallest absolute Gasteiger partial charge is 0.257 e. The van der Waals surface area contributed by atoms with Crippen LogP contribution in [0.3, 0.4) is 0 Å². The number of carbonyl (C=O) groups is 2. The maximum atomic E-state index is 12.8. The standard InChI is InChI=1S/C21H26N2O3/c1-3-15(2)22-20(24)19-11-18(16-7-5-4-6-8-16)12-23(13-19)21(25)17-9-10-26-14-17/h4-10,14-15,18-19H,3,11-13H2,1-2H3,(H,22,24)/t15-,18-,19-/m0/s1. The van der Waals surface area contributed by atoms with Gasteiger partial charge in [-0.05, 0) is 31.4 Å². The van der Waals surface area contributed by atoms with Gasteiger partial charge in [0.2, 0.25) is 5.91 Å². The number of likely N-dealkylation sites (tertiary alicyclic amines) is 1. The van der Waals surface area contributed by atoms with Crippen molar-refractivity contribution in [2.45, 2.75) is 38.6 Å². The van der Waals surface area contributed by atoms with Crippen molar-refractivity contribution in [1.29, 1.82) is 0 Å². The van der Waals surface area contributed by atoms with Crippen LogP contribution in [0.15, 0.2) is 53.3 Å². The molecule has 0 bridgehead atoms. The Morgan fingerprint density at radius 1 is 1.23 bits per heavy atom. The molecule has 3 rings (SSSR count). The monoisotopic (exact) mass is 354 g/mol. The summed E-state index contributed by atoms with van der Waals surface area (Å²) < 4.78 is 5.05. The molecule has 2 amide bonds. The highest BCUT2D eigenvalue weighted by Gasteiger charge is 2.35. The Morgan fingerprint density at radius 2 is 2.00 bits per heavy atom. The summed E-state index contributed by atoms with van der Waals surface area (Å²) in [4.78, 5) is 27.3. The quantitative estimate of drug-likeness (QED) is 0.895. The number of amides is 2. The first-order chi connectivity index (χ1) is 12.6. The zero-order valence-electron chi connectivity index (χ0n) is 15.4. The molecule has 0 saturated carbocycles. The molecule has 26 heavy (non-hydrogen) atoms. The topological polar surface area (TPSA) is 62.6 Å². The summed E-state index contributed by atoms with van der Waals surface area (Å²) in [5, 5.41) is 3.07. The van der Waals surface area contributed by atoms with Crippen LogP contribution < -0.4 is 5.32 Å². The second-order valence-electron chi connectivity index (χ2n) is 7.08. The Balaban J connectivity index is 1.81. The summed E-state index contributed by atoms with van der Waals surface area (Å²) in [6.07, 6.45) is 4.60. The molecule has 1 aromatic heterocycles. The normalized spacial score (nSPS) is 21.2. The van der Waals surface area contributed by atoms with Gasteiger partial charge in [-0.1, -0.05) is 37.3 Å². The van der Waals surface area contributed by atoms with Gasteiger partial charge in [0.25, 0.3) is 5.91 Å². The van der Waals surface area contributed by atoms with Gasteiger partial charge in [-0.25, -0.2) is 0 Å². The molecule has 1 aromatic carbocycles. The number of hydrogen-bond acceptors (Lipinski definition) is 3. The van der Waals surface area contributed by atoms with Crippen molar-refractivity contribution in [1.82, 2.24) is 10.2 Å². The molecule has 1 aliphatic heterocycles. The number of hydrogen-bond donors (Lipinski definition) is 1. The average molecular weight is 354 g/mol. The average Bonchev–Trinajstić information content (AvgIpc) is 3.22. The lowest BCUT2D eigenvalue weighted by molar-refractivity contribution is -0.127. The molecular formula is C21H26N2O3. The van der Waals surface area contributed by atoms with Crippen LogP contribution >= 0.6 is 0 Å². The van der Waals surface area contributed by atoms with E-state index in [0.717, 1.165) is 12.8 Å². The van der Waals surface area contributed by atoms with Crippen molar-refractivity contribution in [2.75, 3.05) is 13.1 Å². The Morgan fingerprint density at radius 3 is 2.65 bits per heavy atom. The second-order valence-corrected chi connectivity index (χ2v) is 7.08. The first kappa shape index (κ1) is 18.2. The minimum atomic E-state index is -0.209. The highest BCUT2D eigenvalue weighted by atomic mass is 16.3. The molecule has 0 radical (unpaired) electrons. The third-order valence-electron chi connectivity index (χ3n) is 5.15. The van der Waals surface area contributed by atoms with Crippen LogP contribution in [0.2, 0.25) is 0 Å². The molecule has 0 spiro atoms. The zero-order chi connectivity index (χ0) is 18.5. The fourth-order valence-electron chi connectivity index (χ4n) is 3.45. The highest BCUT2D eigenvalue weighted by molar-refractivity contribution is 5.94. The summed E-state index contributed by atoms with van der Waals surface area (Å²) >= 11 is 0. The van der Waals surface area contributed by atoms with Crippen LogP contribution in [0, 0.1) is 5.92 Å². The van der Waals surface area contributed by atoms with E-state index in [2.05, 4.69) is 17.4 Å². The Kier molecular flexibility index (Phi) is 5.76. The lowest BCUT2D eigenvalue weighted by atomic mass is 9.83. The maximum absolute atomic E-state index is 12.8. The summed E-state index contributed by atoms with van der Waals surface area (Å²) in [7, 11) is 0. The van der Waals surface area contributed by atoms with Crippen molar-refractivity contribution in [3.63, 3.8) is 0 Å². The summed E-state index contributed by atoms with van der Waals surface area (Å²) in [6.45, 7) is 5.11. The largest absolute Gasteiger partial charge is 0.472 e. The number of piperidine rings is 1. The van der Waals surface area contributed by atoms with E-state index in [-0.39, 0.29) is 29.7 Å². The van der Waals surface area contributed by atoms with Crippen LogP contribution in [-0.2, 0) is 4.79 Å². The van der Waals surface area contributed by atoms with Crippen molar-refractivity contribution >= 4 is 11.8 Å². The zero-order valence-corrected chi connectivity index (χ0v) is 15.4. The Bertz CT molecular complexity index is 727. The van der Waals surface area contributed by atoms with Gasteiger partial charge in [0.15, 0.2) is 0 Å². The van der Waals surface area contributed by atoms with Crippen LogP contribution in [0.1, 0.15) is 48.5 Å². The maximum Gasteiger partial charge on any atom is 0.257 e. The SMILES string of the molecule is CC[C@H](C)NC(=O)[C@H]1C[C@H](c2ccccc2)CN(C(=O)c2ccoc2)C1. The molecule has 0 aliphatic carbocycles. The van der Waals surface area contributed by atoms with Gasteiger partial charge in [0.05, 0.1) is 17.7 Å². The van der Waals surface area contributed by atoms with Crippen LogP contribution in [0.4, 0.5) is 0 Å². The van der Waals surface area contributed by atoms with Crippen molar-refractivity contribution < 1.29 is 14.0 Å². The van der Waals surface area contributed by atoms with E-state index >= 15 is 0 Å². The number of nitrogens with zero attached hydrogens (tertiary/aromatic N) is 1. The molecule has 5 heteroatoms. The van der Waals surface area contributed by atoms with E-state index in [1.54, 1.807) is 11.0 Å². The van der Waals surface area contributed by atoms with Gasteiger partial charge >= 0.3 is 0 Å². The first-order valence-corrected chi connectivity index (χ1v) is 9.25. The number of nitrogens with one attached hydrogen (secondary N) is 1. The molecule has 2 aromatic rings. The van der Waals surface area contributed by atoms with Gasteiger partial charge in [-0.2, -0.15) is 0 Å². The van der Waals surface area contributed by atoms with Gasteiger partial charge in [0, 0.05) is 25.0 Å². The van der Waals surface area contributed by atoms with E-state index in [9.17, 15) is 9.59 Å². The summed E-state index contributed by atoms with van der Waals surface area (Å²) in [5.74, 6) is -0.113. The molecule has 1 fully saturated rings. The Labute approximate surface area is 154 Å². The molecule has 2 heterocycles. The second kappa shape index (κ2) is 8.21. The van der Waals surface area contributed by atoms with Gasteiger partial charge < -0.3 is 14.6 Å². The molecule has 1 aliphatic rings. The molecule has 1 N–H and O–H groups in total. The van der Waals surface area contributed by atoms with E-state index in [1.807, 2.05) is 32.0 Å². The first-order valence-electron chi connectivity index (χ1n) is 9.25. The number of benzene rings is 1. The van der Waals surface area contributed by atoms with E-state index in [0.29, 0.717) is 18.7 Å². The predicted molar refractivity (Wildman–Crippen MR) is 99.8 cm³/mol. The third kappa shape index (κ3) is 4.15. The van der Waals surface area contributed by atoms with Crippen LogP contribution in [0.25, 0.3) is 0 Å². The highest BCUT2D eigenvalue weighted by Crippen LogP contribution is 2.31. The van der Waals surface area contributed by atoms with Crippen molar-refractivity contribution in [3.8, 4) is 0 Å². The van der Waals surface area contributed by atoms with E-state index in [4.69, 9.17) is 4.42 Å². The third-order valence-corrected chi connectivity index (χ3v) is 5.15. The molecule has 1 saturated heterocycles. The van der Waals surface area contributed by atoms with Crippen LogP contribution in [-0.4, -0.2) is 35.8 Å². The number of furan rings is 1. The molecular weight excluding hydrogens is 328 g/mol.